The molecule has 92 valence electrons. The Labute approximate surface area is 110 Å². The molecule has 0 aliphatic rings. The van der Waals surface area contributed by atoms with Crippen molar-refractivity contribution in [3.8, 4) is 0 Å². The van der Waals surface area contributed by atoms with Crippen molar-refractivity contribution in [1.29, 1.82) is 0 Å². The third kappa shape index (κ3) is 1.75. The lowest BCUT2D eigenvalue weighted by atomic mass is 10.2. The summed E-state index contributed by atoms with van der Waals surface area (Å²) in [4.78, 5) is 8.77. The third-order valence-electron chi connectivity index (χ3n) is 3.15. The molecule has 0 aliphatic heterocycles. The minimum absolute atomic E-state index is 0.469. The lowest BCUT2D eigenvalue weighted by Crippen LogP contribution is -1.97. The van der Waals surface area contributed by atoms with Crippen LogP contribution in [-0.4, -0.2) is 14.4 Å². The van der Waals surface area contributed by atoms with E-state index in [1.165, 1.54) is 12.1 Å². The molecular weight excluding hydrogens is 246 g/mol. The largest absolute Gasteiger partial charge is 0.293 e. The van der Waals surface area contributed by atoms with Gasteiger partial charge in [-0.25, -0.2) is 9.97 Å². The zero-order valence-electron chi connectivity index (χ0n) is 10.2. The number of hydrogen-bond donors (Lipinski definition) is 0. The standard InChI is InChI=1S/C14H14ClN3/c1-2-3-6-10-9-16-14-13(15)17-11-7-4-5-8-12(11)18(10)14/h4-5,7-9H,2-3,6H2,1H3. The van der Waals surface area contributed by atoms with E-state index < -0.39 is 0 Å². The van der Waals surface area contributed by atoms with Crippen molar-refractivity contribution in [3.63, 3.8) is 0 Å². The molecule has 1 aromatic carbocycles. The molecular formula is C14H14ClN3. The van der Waals surface area contributed by atoms with E-state index in [2.05, 4.69) is 27.4 Å². The van der Waals surface area contributed by atoms with Crippen LogP contribution >= 0.6 is 11.6 Å². The van der Waals surface area contributed by atoms with E-state index >= 15 is 0 Å². The Bertz CT molecular complexity index is 703. The molecule has 0 fully saturated rings. The van der Waals surface area contributed by atoms with Crippen molar-refractivity contribution in [2.45, 2.75) is 26.2 Å². The molecule has 2 aromatic heterocycles. The molecule has 0 saturated heterocycles. The molecule has 0 aliphatic carbocycles. The summed E-state index contributed by atoms with van der Waals surface area (Å²) in [7, 11) is 0. The van der Waals surface area contributed by atoms with Crippen LogP contribution < -0.4 is 0 Å². The second kappa shape index (κ2) is 4.58. The highest BCUT2D eigenvalue weighted by atomic mass is 35.5. The molecule has 3 rings (SSSR count). The average Bonchev–Trinajstić information content (AvgIpc) is 2.81. The SMILES string of the molecule is CCCCc1cnc2c(Cl)nc3ccccc3n12. The molecule has 0 bridgehead atoms. The van der Waals surface area contributed by atoms with Gasteiger partial charge < -0.3 is 0 Å². The lowest BCUT2D eigenvalue weighted by molar-refractivity contribution is 0.774. The van der Waals surface area contributed by atoms with Gasteiger partial charge in [-0.15, -0.1) is 0 Å². The van der Waals surface area contributed by atoms with Crippen molar-refractivity contribution >= 4 is 28.3 Å². The second-order valence-corrected chi connectivity index (χ2v) is 4.76. The van der Waals surface area contributed by atoms with Crippen LogP contribution in [0.1, 0.15) is 25.5 Å². The van der Waals surface area contributed by atoms with E-state index in [0.29, 0.717) is 5.15 Å². The molecule has 2 heterocycles. The summed E-state index contributed by atoms with van der Waals surface area (Å²) in [5.74, 6) is 0. The van der Waals surface area contributed by atoms with Gasteiger partial charge >= 0.3 is 0 Å². The van der Waals surface area contributed by atoms with Crippen LogP contribution in [0.15, 0.2) is 30.5 Å². The average molecular weight is 260 g/mol. The maximum absolute atomic E-state index is 6.19. The van der Waals surface area contributed by atoms with Gasteiger partial charge in [0.05, 0.1) is 11.0 Å². The molecule has 0 radical (unpaired) electrons. The minimum atomic E-state index is 0.469. The third-order valence-corrected chi connectivity index (χ3v) is 3.40. The predicted octanol–water partition coefficient (Wildman–Crippen LogP) is 3.88. The quantitative estimate of drug-likeness (QED) is 0.715. The summed E-state index contributed by atoms with van der Waals surface area (Å²) in [5, 5.41) is 0.469. The molecule has 0 atom stereocenters. The molecule has 18 heavy (non-hydrogen) atoms. The Morgan fingerprint density at radius 1 is 1.28 bits per heavy atom. The number of imidazole rings is 1. The summed E-state index contributed by atoms with van der Waals surface area (Å²) in [6.45, 7) is 2.19. The Morgan fingerprint density at radius 3 is 2.94 bits per heavy atom. The van der Waals surface area contributed by atoms with Crippen LogP contribution in [0, 0.1) is 0 Å². The van der Waals surface area contributed by atoms with Crippen LogP contribution in [0.3, 0.4) is 0 Å². The number of rotatable bonds is 3. The van der Waals surface area contributed by atoms with Gasteiger partial charge in [0, 0.05) is 11.9 Å². The van der Waals surface area contributed by atoms with Gasteiger partial charge in [-0.05, 0) is 25.0 Å². The molecule has 0 amide bonds. The van der Waals surface area contributed by atoms with Gasteiger partial charge in [-0.1, -0.05) is 37.1 Å². The molecule has 0 N–H and O–H groups in total. The second-order valence-electron chi connectivity index (χ2n) is 4.40. The Kier molecular flexibility index (Phi) is 2.92. The molecule has 4 heteroatoms. The van der Waals surface area contributed by atoms with E-state index in [9.17, 15) is 0 Å². The summed E-state index contributed by atoms with van der Waals surface area (Å²) in [6.07, 6.45) is 5.25. The van der Waals surface area contributed by atoms with Crippen LogP contribution in [0.25, 0.3) is 16.7 Å². The van der Waals surface area contributed by atoms with Crippen LogP contribution in [0.2, 0.25) is 5.15 Å². The van der Waals surface area contributed by atoms with E-state index in [-0.39, 0.29) is 0 Å². The van der Waals surface area contributed by atoms with Gasteiger partial charge in [-0.3, -0.25) is 4.40 Å². The van der Waals surface area contributed by atoms with Crippen molar-refractivity contribution in [2.75, 3.05) is 0 Å². The maximum atomic E-state index is 6.19. The van der Waals surface area contributed by atoms with E-state index in [1.807, 2.05) is 24.4 Å². The predicted molar refractivity (Wildman–Crippen MR) is 74.1 cm³/mol. The van der Waals surface area contributed by atoms with Gasteiger partial charge in [0.15, 0.2) is 10.8 Å². The van der Waals surface area contributed by atoms with Gasteiger partial charge in [0.1, 0.15) is 0 Å². The van der Waals surface area contributed by atoms with E-state index in [0.717, 1.165) is 29.5 Å². The number of para-hydroxylation sites is 2. The van der Waals surface area contributed by atoms with Crippen LogP contribution in [0.4, 0.5) is 0 Å². The zero-order valence-corrected chi connectivity index (χ0v) is 11.0. The fraction of sp³-hybridized carbons (Fsp3) is 0.286. The Morgan fingerprint density at radius 2 is 2.11 bits per heavy atom. The number of unbranched alkanes of at least 4 members (excludes halogenated alkanes) is 1. The van der Waals surface area contributed by atoms with Crippen LogP contribution in [-0.2, 0) is 6.42 Å². The van der Waals surface area contributed by atoms with Crippen molar-refractivity contribution < 1.29 is 0 Å². The van der Waals surface area contributed by atoms with Gasteiger partial charge in [0.25, 0.3) is 0 Å². The fourth-order valence-corrected chi connectivity index (χ4v) is 2.46. The fourth-order valence-electron chi connectivity index (χ4n) is 2.24. The number of aromatic nitrogens is 3. The number of benzene rings is 1. The molecule has 3 aromatic rings. The highest BCUT2D eigenvalue weighted by Crippen LogP contribution is 2.23. The zero-order chi connectivity index (χ0) is 12.5. The summed E-state index contributed by atoms with van der Waals surface area (Å²) < 4.78 is 2.13. The van der Waals surface area contributed by atoms with Crippen molar-refractivity contribution in [2.24, 2.45) is 0 Å². The number of fused-ring (bicyclic) bond motifs is 3. The summed E-state index contributed by atoms with van der Waals surface area (Å²) in [6, 6.07) is 8.02. The minimum Gasteiger partial charge on any atom is -0.293 e. The monoisotopic (exact) mass is 259 g/mol. The summed E-state index contributed by atoms with van der Waals surface area (Å²) >= 11 is 6.19. The molecule has 0 unspecified atom stereocenters. The topological polar surface area (TPSA) is 30.2 Å². The number of nitrogens with zero attached hydrogens (tertiary/aromatic N) is 3. The van der Waals surface area contributed by atoms with Crippen LogP contribution in [0.5, 0.6) is 0 Å². The number of hydrogen-bond acceptors (Lipinski definition) is 2. The van der Waals surface area contributed by atoms with Crippen molar-refractivity contribution in [1.82, 2.24) is 14.4 Å². The first-order valence-electron chi connectivity index (χ1n) is 6.22. The van der Waals surface area contributed by atoms with Gasteiger partial charge in [0.2, 0.25) is 0 Å². The van der Waals surface area contributed by atoms with E-state index in [1.54, 1.807) is 0 Å². The lowest BCUT2D eigenvalue weighted by Gasteiger charge is -2.06. The van der Waals surface area contributed by atoms with Gasteiger partial charge in [-0.2, -0.15) is 0 Å². The molecule has 0 spiro atoms. The smallest absolute Gasteiger partial charge is 0.175 e. The number of aryl methyl sites for hydroxylation is 1. The highest BCUT2D eigenvalue weighted by Gasteiger charge is 2.11. The Hall–Kier alpha value is -1.61. The molecule has 3 nitrogen and oxygen atoms in total. The van der Waals surface area contributed by atoms with Crippen molar-refractivity contribution in [3.05, 3.63) is 41.3 Å². The number of halogens is 1. The maximum Gasteiger partial charge on any atom is 0.175 e. The normalized spacial score (nSPS) is 11.4. The molecule has 0 saturated carbocycles. The van der Waals surface area contributed by atoms with E-state index in [4.69, 9.17) is 11.6 Å². The Balaban J connectivity index is 2.33. The first-order valence-corrected chi connectivity index (χ1v) is 6.59. The first kappa shape index (κ1) is 11.5. The summed E-state index contributed by atoms with van der Waals surface area (Å²) in [5.41, 5.74) is 3.93. The highest BCUT2D eigenvalue weighted by molar-refractivity contribution is 6.32. The first-order chi connectivity index (χ1) is 8.81.